The van der Waals surface area contributed by atoms with Crippen molar-refractivity contribution in [2.24, 2.45) is 0 Å². The fourth-order valence-electron chi connectivity index (χ4n) is 1.98. The first kappa shape index (κ1) is 16.1. The van der Waals surface area contributed by atoms with Crippen LogP contribution in [0.3, 0.4) is 0 Å². The number of halogens is 2. The third-order valence-electron chi connectivity index (χ3n) is 3.10. The molecule has 0 saturated carbocycles. The molecule has 1 heterocycles. The van der Waals surface area contributed by atoms with Gasteiger partial charge in [-0.05, 0) is 42.5 Å². The van der Waals surface area contributed by atoms with Crippen LogP contribution in [0.2, 0.25) is 10.0 Å². The molecule has 0 spiro atoms. The van der Waals surface area contributed by atoms with Crippen molar-refractivity contribution in [3.63, 3.8) is 0 Å². The van der Waals surface area contributed by atoms with E-state index in [-0.39, 0.29) is 11.5 Å². The van der Waals surface area contributed by atoms with Crippen molar-refractivity contribution < 1.29 is 4.79 Å². The van der Waals surface area contributed by atoms with Gasteiger partial charge in [-0.3, -0.25) is 9.36 Å². The minimum atomic E-state index is 0.00677. The smallest absolute Gasteiger partial charge is 0.196 e. The second kappa shape index (κ2) is 7.17. The number of rotatable bonds is 5. The fraction of sp³-hybridized carbons (Fsp3) is 0.0625. The van der Waals surface area contributed by atoms with Gasteiger partial charge in [0.1, 0.15) is 6.33 Å². The van der Waals surface area contributed by atoms with E-state index in [1.165, 1.54) is 11.8 Å². The number of Topliss-reactive ketones (excluding diaryl/α,β-unsaturated/α-hetero) is 1. The number of thioether (sulfide) groups is 1. The molecule has 0 saturated heterocycles. The molecule has 23 heavy (non-hydrogen) atoms. The highest BCUT2D eigenvalue weighted by atomic mass is 35.5. The highest BCUT2D eigenvalue weighted by Crippen LogP contribution is 2.22. The van der Waals surface area contributed by atoms with Crippen LogP contribution in [-0.2, 0) is 0 Å². The van der Waals surface area contributed by atoms with Crippen LogP contribution in [-0.4, -0.2) is 26.3 Å². The Morgan fingerprint density at radius 2 is 1.87 bits per heavy atom. The Hall–Kier alpha value is -1.82. The van der Waals surface area contributed by atoms with Crippen molar-refractivity contribution in [1.29, 1.82) is 0 Å². The van der Waals surface area contributed by atoms with Gasteiger partial charge in [-0.15, -0.1) is 10.2 Å². The van der Waals surface area contributed by atoms with Crippen LogP contribution in [0.15, 0.2) is 60.0 Å². The summed E-state index contributed by atoms with van der Waals surface area (Å²) in [5, 5.41) is 9.84. The van der Waals surface area contributed by atoms with Gasteiger partial charge in [0, 0.05) is 15.6 Å². The maximum atomic E-state index is 12.2. The standard InChI is InChI=1S/C16H11Cl2N3OS/c17-12-6-4-11(5-7-12)15(22)9-23-16-20-19-10-21(16)14-3-1-2-13(18)8-14/h1-8,10H,9H2. The molecule has 116 valence electrons. The molecule has 3 rings (SSSR count). The third-order valence-corrected chi connectivity index (χ3v) is 4.53. The number of ketones is 1. The summed E-state index contributed by atoms with van der Waals surface area (Å²) in [7, 11) is 0. The minimum absolute atomic E-state index is 0.00677. The molecule has 0 amide bonds. The van der Waals surface area contributed by atoms with E-state index in [4.69, 9.17) is 23.2 Å². The number of hydrogen-bond acceptors (Lipinski definition) is 4. The lowest BCUT2D eigenvalue weighted by atomic mass is 10.1. The van der Waals surface area contributed by atoms with Gasteiger partial charge in [-0.2, -0.15) is 0 Å². The van der Waals surface area contributed by atoms with Crippen molar-refractivity contribution in [3.8, 4) is 5.69 Å². The Kier molecular flexibility index (Phi) is 5.00. The van der Waals surface area contributed by atoms with Crippen LogP contribution < -0.4 is 0 Å². The Morgan fingerprint density at radius 1 is 1.09 bits per heavy atom. The average Bonchev–Trinajstić information content (AvgIpc) is 3.02. The van der Waals surface area contributed by atoms with Crippen molar-refractivity contribution in [3.05, 3.63) is 70.5 Å². The van der Waals surface area contributed by atoms with Gasteiger partial charge in [0.25, 0.3) is 0 Å². The molecular formula is C16H11Cl2N3OS. The number of carbonyl (C=O) groups is 1. The number of hydrogen-bond donors (Lipinski definition) is 0. The van der Waals surface area contributed by atoms with Crippen molar-refractivity contribution in [2.45, 2.75) is 5.16 Å². The second-order valence-corrected chi connectivity index (χ2v) is 6.50. The van der Waals surface area contributed by atoms with E-state index in [1.807, 2.05) is 18.2 Å². The molecule has 4 nitrogen and oxygen atoms in total. The van der Waals surface area contributed by atoms with Crippen molar-refractivity contribution >= 4 is 40.7 Å². The van der Waals surface area contributed by atoms with Gasteiger partial charge < -0.3 is 0 Å². The molecule has 0 unspecified atom stereocenters. The molecule has 0 aliphatic carbocycles. The summed E-state index contributed by atoms with van der Waals surface area (Å²) in [5.74, 6) is 0.272. The van der Waals surface area contributed by atoms with Crippen LogP contribution in [0.4, 0.5) is 0 Å². The molecule has 1 aromatic heterocycles. The molecule has 0 N–H and O–H groups in total. The molecule has 0 radical (unpaired) electrons. The van der Waals surface area contributed by atoms with Gasteiger partial charge in [-0.25, -0.2) is 0 Å². The van der Waals surface area contributed by atoms with Crippen LogP contribution >= 0.6 is 35.0 Å². The zero-order valence-electron chi connectivity index (χ0n) is 11.8. The third kappa shape index (κ3) is 3.93. The summed E-state index contributed by atoms with van der Waals surface area (Å²) in [6.07, 6.45) is 1.60. The first-order valence-corrected chi connectivity index (χ1v) is 8.45. The zero-order valence-corrected chi connectivity index (χ0v) is 14.1. The molecule has 7 heteroatoms. The molecule has 0 bridgehead atoms. The normalized spacial score (nSPS) is 10.7. The SMILES string of the molecule is O=C(CSc1nncn1-c1cccc(Cl)c1)c1ccc(Cl)cc1. The van der Waals surface area contributed by atoms with Crippen LogP contribution in [0.25, 0.3) is 5.69 Å². The average molecular weight is 364 g/mol. The van der Waals surface area contributed by atoms with E-state index in [2.05, 4.69) is 10.2 Å². The Morgan fingerprint density at radius 3 is 2.61 bits per heavy atom. The maximum Gasteiger partial charge on any atom is 0.196 e. The minimum Gasteiger partial charge on any atom is -0.293 e. The van der Waals surface area contributed by atoms with E-state index < -0.39 is 0 Å². The monoisotopic (exact) mass is 363 g/mol. The number of carbonyl (C=O) groups excluding carboxylic acids is 1. The predicted octanol–water partition coefficient (Wildman–Crippen LogP) is 4.55. The molecule has 3 aromatic rings. The first-order valence-electron chi connectivity index (χ1n) is 6.71. The molecule has 0 aliphatic heterocycles. The summed E-state index contributed by atoms with van der Waals surface area (Å²) in [6.45, 7) is 0. The Balaban J connectivity index is 1.73. The molecular weight excluding hydrogens is 353 g/mol. The summed E-state index contributed by atoms with van der Waals surface area (Å²) < 4.78 is 1.80. The predicted molar refractivity (Wildman–Crippen MR) is 92.9 cm³/mol. The largest absolute Gasteiger partial charge is 0.293 e. The lowest BCUT2D eigenvalue weighted by molar-refractivity contribution is 0.102. The van der Waals surface area contributed by atoms with Gasteiger partial charge in [0.05, 0.1) is 11.4 Å². The van der Waals surface area contributed by atoms with E-state index in [1.54, 1.807) is 41.2 Å². The van der Waals surface area contributed by atoms with Crippen LogP contribution in [0.5, 0.6) is 0 Å². The van der Waals surface area contributed by atoms with Crippen molar-refractivity contribution in [2.75, 3.05) is 5.75 Å². The second-order valence-electron chi connectivity index (χ2n) is 4.68. The van der Waals surface area contributed by atoms with Crippen molar-refractivity contribution in [1.82, 2.24) is 14.8 Å². The van der Waals surface area contributed by atoms with E-state index >= 15 is 0 Å². The highest BCUT2D eigenvalue weighted by molar-refractivity contribution is 7.99. The number of nitrogens with zero attached hydrogens (tertiary/aromatic N) is 3. The van der Waals surface area contributed by atoms with Gasteiger partial charge >= 0.3 is 0 Å². The Bertz CT molecular complexity index is 833. The highest BCUT2D eigenvalue weighted by Gasteiger charge is 2.12. The number of aromatic nitrogens is 3. The number of benzene rings is 2. The first-order chi connectivity index (χ1) is 11.1. The van der Waals surface area contributed by atoms with E-state index in [0.29, 0.717) is 20.8 Å². The van der Waals surface area contributed by atoms with Crippen LogP contribution in [0, 0.1) is 0 Å². The van der Waals surface area contributed by atoms with Gasteiger partial charge in [0.15, 0.2) is 10.9 Å². The molecule has 0 fully saturated rings. The van der Waals surface area contributed by atoms with Crippen LogP contribution in [0.1, 0.15) is 10.4 Å². The Labute approximate surface area is 147 Å². The molecule has 2 aromatic carbocycles. The zero-order chi connectivity index (χ0) is 16.2. The van der Waals surface area contributed by atoms with Gasteiger partial charge in [0.2, 0.25) is 0 Å². The summed E-state index contributed by atoms with van der Waals surface area (Å²) in [6, 6.07) is 14.2. The summed E-state index contributed by atoms with van der Waals surface area (Å²) >= 11 is 13.2. The maximum absolute atomic E-state index is 12.2. The molecule has 0 aliphatic rings. The molecule has 0 atom stereocenters. The fourth-order valence-corrected chi connectivity index (χ4v) is 3.11. The van der Waals surface area contributed by atoms with E-state index in [0.717, 1.165) is 5.69 Å². The van der Waals surface area contributed by atoms with E-state index in [9.17, 15) is 4.79 Å². The topological polar surface area (TPSA) is 47.8 Å². The lowest BCUT2D eigenvalue weighted by Gasteiger charge is -2.06. The quantitative estimate of drug-likeness (QED) is 0.492. The summed E-state index contributed by atoms with van der Waals surface area (Å²) in [5.41, 5.74) is 1.47. The summed E-state index contributed by atoms with van der Waals surface area (Å²) in [4.78, 5) is 12.2. The lowest BCUT2D eigenvalue weighted by Crippen LogP contribution is -2.04. The van der Waals surface area contributed by atoms with Gasteiger partial charge in [-0.1, -0.05) is 41.0 Å².